The lowest BCUT2D eigenvalue weighted by molar-refractivity contribution is 0.0505. The maximum Gasteiger partial charge on any atom is 0.339 e. The van der Waals surface area contributed by atoms with E-state index in [4.69, 9.17) is 26.0 Å². The van der Waals surface area contributed by atoms with Gasteiger partial charge in [0.05, 0.1) is 17.2 Å². The molecule has 0 saturated heterocycles. The van der Waals surface area contributed by atoms with E-state index in [1.807, 2.05) is 6.92 Å². The SMILES string of the molecule is CCCOC(=O)c1cc(-c2ccc(/C=N/O)o2)ccc1Cl. The number of benzene rings is 1. The Morgan fingerprint density at radius 1 is 1.43 bits per heavy atom. The largest absolute Gasteiger partial charge is 0.462 e. The van der Waals surface area contributed by atoms with Crippen LogP contribution in [-0.2, 0) is 4.74 Å². The van der Waals surface area contributed by atoms with Gasteiger partial charge in [-0.1, -0.05) is 23.7 Å². The second kappa shape index (κ2) is 6.95. The van der Waals surface area contributed by atoms with Crippen LogP contribution in [0.25, 0.3) is 11.3 Å². The van der Waals surface area contributed by atoms with Crippen molar-refractivity contribution in [3.05, 3.63) is 46.7 Å². The van der Waals surface area contributed by atoms with Crippen LogP contribution in [0.5, 0.6) is 0 Å². The topological polar surface area (TPSA) is 72.0 Å². The van der Waals surface area contributed by atoms with Gasteiger partial charge < -0.3 is 14.4 Å². The van der Waals surface area contributed by atoms with E-state index in [0.717, 1.165) is 6.42 Å². The normalized spacial score (nSPS) is 11.0. The Morgan fingerprint density at radius 2 is 2.24 bits per heavy atom. The van der Waals surface area contributed by atoms with Crippen LogP contribution in [-0.4, -0.2) is 24.0 Å². The van der Waals surface area contributed by atoms with Crippen LogP contribution in [0.4, 0.5) is 0 Å². The lowest BCUT2D eigenvalue weighted by Crippen LogP contribution is -2.06. The van der Waals surface area contributed by atoms with Crippen LogP contribution in [0.2, 0.25) is 5.02 Å². The number of furan rings is 1. The van der Waals surface area contributed by atoms with Crippen LogP contribution in [0.15, 0.2) is 39.9 Å². The number of carbonyl (C=O) groups excluding carboxylic acids is 1. The molecule has 0 aliphatic heterocycles. The van der Waals surface area contributed by atoms with Crippen LogP contribution in [0.3, 0.4) is 0 Å². The molecule has 1 heterocycles. The van der Waals surface area contributed by atoms with Crippen LogP contribution in [0, 0.1) is 0 Å². The average Bonchev–Trinajstić information content (AvgIpc) is 2.94. The van der Waals surface area contributed by atoms with Gasteiger partial charge in [0.15, 0.2) is 0 Å². The van der Waals surface area contributed by atoms with Gasteiger partial charge >= 0.3 is 5.97 Å². The summed E-state index contributed by atoms with van der Waals surface area (Å²) in [7, 11) is 0. The summed E-state index contributed by atoms with van der Waals surface area (Å²) in [6, 6.07) is 8.32. The number of oxime groups is 1. The van der Waals surface area contributed by atoms with Crippen molar-refractivity contribution in [2.75, 3.05) is 6.61 Å². The van der Waals surface area contributed by atoms with Crippen molar-refractivity contribution in [3.63, 3.8) is 0 Å². The van der Waals surface area contributed by atoms with Gasteiger partial charge in [0.2, 0.25) is 0 Å². The molecular weight excluding hydrogens is 294 g/mol. The van der Waals surface area contributed by atoms with E-state index in [0.29, 0.717) is 28.7 Å². The average molecular weight is 308 g/mol. The van der Waals surface area contributed by atoms with E-state index in [9.17, 15) is 4.79 Å². The number of rotatable bonds is 5. The van der Waals surface area contributed by atoms with Gasteiger partial charge in [0.1, 0.15) is 17.7 Å². The highest BCUT2D eigenvalue weighted by Gasteiger charge is 2.14. The summed E-state index contributed by atoms with van der Waals surface area (Å²) in [6.45, 7) is 2.26. The Hall–Kier alpha value is -2.27. The molecule has 0 bridgehead atoms. The van der Waals surface area contributed by atoms with E-state index in [2.05, 4.69) is 5.16 Å². The summed E-state index contributed by atoms with van der Waals surface area (Å²) < 4.78 is 10.5. The number of nitrogens with zero attached hydrogens (tertiary/aromatic N) is 1. The molecule has 2 rings (SSSR count). The molecule has 0 spiro atoms. The van der Waals surface area contributed by atoms with E-state index in [1.165, 1.54) is 6.21 Å². The molecule has 21 heavy (non-hydrogen) atoms. The minimum Gasteiger partial charge on any atom is -0.462 e. The summed E-state index contributed by atoms with van der Waals surface area (Å²) in [4.78, 5) is 11.9. The zero-order valence-corrected chi connectivity index (χ0v) is 12.1. The van der Waals surface area contributed by atoms with Gasteiger partial charge in [-0.3, -0.25) is 0 Å². The first-order valence-electron chi connectivity index (χ1n) is 6.40. The fourth-order valence-electron chi connectivity index (χ4n) is 1.74. The predicted octanol–water partition coefficient (Wildman–Crippen LogP) is 3.97. The molecule has 0 amide bonds. The van der Waals surface area contributed by atoms with Crippen molar-refractivity contribution in [1.82, 2.24) is 0 Å². The van der Waals surface area contributed by atoms with Crippen LogP contribution >= 0.6 is 11.6 Å². The molecule has 0 atom stereocenters. The zero-order chi connectivity index (χ0) is 15.2. The smallest absolute Gasteiger partial charge is 0.339 e. The third kappa shape index (κ3) is 3.64. The molecule has 2 aromatic rings. The maximum absolute atomic E-state index is 11.9. The standard InChI is InChI=1S/C15H14ClNO4/c1-2-7-20-15(18)12-8-10(3-5-13(12)16)14-6-4-11(21-14)9-17-19/h3-6,8-9,19H,2,7H2,1H3/b17-9+. The predicted molar refractivity (Wildman–Crippen MR) is 79.1 cm³/mol. The first-order chi connectivity index (χ1) is 10.2. The number of carbonyl (C=O) groups is 1. The Kier molecular flexibility index (Phi) is 5.00. The lowest BCUT2D eigenvalue weighted by Gasteiger charge is -2.06. The fourth-order valence-corrected chi connectivity index (χ4v) is 1.94. The number of hydrogen-bond donors (Lipinski definition) is 1. The van der Waals surface area contributed by atoms with Gasteiger partial charge in [-0.25, -0.2) is 4.79 Å². The van der Waals surface area contributed by atoms with Crippen molar-refractivity contribution < 1.29 is 19.2 Å². The summed E-state index contributed by atoms with van der Waals surface area (Å²) in [5.74, 6) is 0.469. The summed E-state index contributed by atoms with van der Waals surface area (Å²) in [5, 5.41) is 11.7. The summed E-state index contributed by atoms with van der Waals surface area (Å²) in [5.41, 5.74) is 0.969. The van der Waals surface area contributed by atoms with Crippen LogP contribution < -0.4 is 0 Å². The molecule has 110 valence electrons. The molecule has 5 nitrogen and oxygen atoms in total. The number of halogens is 1. The molecule has 1 N–H and O–H groups in total. The van der Waals surface area contributed by atoms with Gasteiger partial charge in [-0.2, -0.15) is 0 Å². The minimum absolute atomic E-state index is 0.288. The zero-order valence-electron chi connectivity index (χ0n) is 11.4. The number of ether oxygens (including phenoxy) is 1. The highest BCUT2D eigenvalue weighted by atomic mass is 35.5. The molecular formula is C15H14ClNO4. The Labute approximate surface area is 126 Å². The Bertz CT molecular complexity index is 663. The fraction of sp³-hybridized carbons (Fsp3) is 0.200. The second-order valence-corrected chi connectivity index (χ2v) is 4.68. The van der Waals surface area contributed by atoms with Crippen molar-refractivity contribution in [3.8, 4) is 11.3 Å². The Morgan fingerprint density at radius 3 is 2.95 bits per heavy atom. The molecule has 6 heteroatoms. The van der Waals surface area contributed by atoms with Crippen molar-refractivity contribution in [2.24, 2.45) is 5.16 Å². The first-order valence-corrected chi connectivity index (χ1v) is 6.77. The molecule has 0 radical (unpaired) electrons. The van der Waals surface area contributed by atoms with Gasteiger partial charge in [0.25, 0.3) is 0 Å². The van der Waals surface area contributed by atoms with Gasteiger partial charge in [0, 0.05) is 5.56 Å². The molecule has 0 unspecified atom stereocenters. The minimum atomic E-state index is -0.465. The third-order valence-corrected chi connectivity index (χ3v) is 3.05. The highest BCUT2D eigenvalue weighted by molar-refractivity contribution is 6.33. The van der Waals surface area contributed by atoms with E-state index >= 15 is 0 Å². The summed E-state index contributed by atoms with van der Waals surface area (Å²) >= 11 is 6.03. The van der Waals surface area contributed by atoms with E-state index in [-0.39, 0.29) is 5.56 Å². The molecule has 0 fully saturated rings. The molecule has 1 aromatic carbocycles. The quantitative estimate of drug-likeness (QED) is 0.392. The van der Waals surface area contributed by atoms with Crippen molar-refractivity contribution in [1.29, 1.82) is 0 Å². The molecule has 0 saturated carbocycles. The molecule has 1 aromatic heterocycles. The molecule has 0 aliphatic carbocycles. The maximum atomic E-state index is 11.9. The number of hydrogen-bond acceptors (Lipinski definition) is 5. The third-order valence-electron chi connectivity index (χ3n) is 2.72. The van der Waals surface area contributed by atoms with E-state index < -0.39 is 5.97 Å². The van der Waals surface area contributed by atoms with E-state index in [1.54, 1.807) is 30.3 Å². The van der Waals surface area contributed by atoms with Crippen molar-refractivity contribution in [2.45, 2.75) is 13.3 Å². The van der Waals surface area contributed by atoms with Gasteiger partial charge in [-0.05, 0) is 36.8 Å². The monoisotopic (exact) mass is 307 g/mol. The highest BCUT2D eigenvalue weighted by Crippen LogP contribution is 2.27. The molecule has 0 aliphatic rings. The summed E-state index contributed by atoms with van der Waals surface area (Å²) in [6.07, 6.45) is 1.92. The lowest BCUT2D eigenvalue weighted by atomic mass is 10.1. The Balaban J connectivity index is 2.30. The van der Waals surface area contributed by atoms with Crippen LogP contribution in [0.1, 0.15) is 29.5 Å². The first kappa shape index (κ1) is 15.1. The van der Waals surface area contributed by atoms with Gasteiger partial charge in [-0.15, -0.1) is 0 Å². The number of esters is 1. The van der Waals surface area contributed by atoms with Crippen molar-refractivity contribution >= 4 is 23.8 Å². The second-order valence-electron chi connectivity index (χ2n) is 4.28.